The molecular weight excluding hydrogens is 201 g/mol. The number of rotatable bonds is 3. The Labute approximate surface area is 85.7 Å². The zero-order chi connectivity index (χ0) is 10.9. The maximum atomic E-state index is 13.7. The summed E-state index contributed by atoms with van der Waals surface area (Å²) < 4.78 is 18.5. The van der Waals surface area contributed by atoms with Crippen LogP contribution >= 0.6 is 0 Å². The monoisotopic (exact) mass is 211 g/mol. The molecule has 0 aliphatic carbocycles. The highest BCUT2D eigenvalue weighted by Gasteiger charge is 2.41. The number of carboxylic acid groups (broad SMARTS) is 1. The number of nitrogens with zero attached hydrogens (tertiary/aromatic N) is 1. The van der Waals surface area contributed by atoms with E-state index in [1.54, 1.807) is 6.07 Å². The van der Waals surface area contributed by atoms with Gasteiger partial charge in [-0.05, 0) is 11.6 Å². The van der Waals surface area contributed by atoms with Crippen LogP contribution < -0.4 is 0 Å². The van der Waals surface area contributed by atoms with Crippen molar-refractivity contribution in [1.82, 2.24) is 4.98 Å². The van der Waals surface area contributed by atoms with Gasteiger partial charge in [0.15, 0.2) is 5.67 Å². The molecule has 0 aromatic carbocycles. The third kappa shape index (κ3) is 1.97. The molecule has 1 aliphatic heterocycles. The number of carbonyl (C=O) groups is 1. The number of hydrogen-bond acceptors (Lipinski definition) is 3. The van der Waals surface area contributed by atoms with E-state index in [2.05, 4.69) is 4.98 Å². The van der Waals surface area contributed by atoms with Gasteiger partial charge in [0.05, 0.1) is 25.3 Å². The summed E-state index contributed by atoms with van der Waals surface area (Å²) in [5, 5.41) is 8.53. The molecule has 1 aliphatic rings. The average Bonchev–Trinajstić information content (AvgIpc) is 2.14. The second-order valence-corrected chi connectivity index (χ2v) is 3.58. The molecule has 5 heteroatoms. The number of hydrogen-bond donors (Lipinski definition) is 1. The van der Waals surface area contributed by atoms with E-state index in [-0.39, 0.29) is 19.6 Å². The molecule has 1 N–H and O–H groups in total. The van der Waals surface area contributed by atoms with Gasteiger partial charge in [0.25, 0.3) is 0 Å². The number of carboxylic acids is 1. The fourth-order valence-electron chi connectivity index (χ4n) is 1.40. The highest BCUT2D eigenvalue weighted by Crippen LogP contribution is 2.32. The Hall–Kier alpha value is -1.49. The minimum atomic E-state index is -1.48. The van der Waals surface area contributed by atoms with Gasteiger partial charge in [0.1, 0.15) is 0 Å². The van der Waals surface area contributed by atoms with Gasteiger partial charge in [-0.15, -0.1) is 0 Å². The first-order valence-electron chi connectivity index (χ1n) is 4.54. The average molecular weight is 211 g/mol. The van der Waals surface area contributed by atoms with Crippen molar-refractivity contribution >= 4 is 5.97 Å². The number of aromatic nitrogens is 1. The van der Waals surface area contributed by atoms with Crippen LogP contribution in [-0.4, -0.2) is 29.3 Å². The van der Waals surface area contributed by atoms with Crippen LogP contribution in [0.25, 0.3) is 0 Å². The van der Waals surface area contributed by atoms with Gasteiger partial charge < -0.3 is 9.84 Å². The second kappa shape index (κ2) is 3.58. The van der Waals surface area contributed by atoms with Crippen molar-refractivity contribution in [3.8, 4) is 0 Å². The van der Waals surface area contributed by atoms with Crippen LogP contribution in [0.3, 0.4) is 0 Å². The van der Waals surface area contributed by atoms with E-state index in [1.807, 2.05) is 0 Å². The molecule has 1 saturated heterocycles. The zero-order valence-corrected chi connectivity index (χ0v) is 7.94. The predicted molar refractivity (Wildman–Crippen MR) is 49.2 cm³/mol. The first-order valence-corrected chi connectivity index (χ1v) is 4.54. The summed E-state index contributed by atoms with van der Waals surface area (Å²) in [6.45, 7) is 0.0521. The Balaban J connectivity index is 2.13. The molecule has 0 atom stereocenters. The summed E-state index contributed by atoms with van der Waals surface area (Å²) in [5.41, 5.74) is -0.611. The van der Waals surface area contributed by atoms with E-state index in [4.69, 9.17) is 9.84 Å². The van der Waals surface area contributed by atoms with Crippen molar-refractivity contribution in [2.24, 2.45) is 0 Å². The smallest absolute Gasteiger partial charge is 0.307 e. The lowest BCUT2D eigenvalue weighted by molar-refractivity contribution is -0.137. The minimum absolute atomic E-state index is 0.0261. The summed E-state index contributed by atoms with van der Waals surface area (Å²) in [5.74, 6) is -0.925. The fraction of sp³-hybridized carbons (Fsp3) is 0.400. The van der Waals surface area contributed by atoms with Crippen molar-refractivity contribution in [2.45, 2.75) is 12.1 Å². The Morgan fingerprint density at radius 2 is 2.33 bits per heavy atom. The maximum absolute atomic E-state index is 13.7. The highest BCUT2D eigenvalue weighted by atomic mass is 19.1. The van der Waals surface area contributed by atoms with Crippen LogP contribution in [0.1, 0.15) is 11.3 Å². The molecule has 1 aromatic rings. The van der Waals surface area contributed by atoms with Crippen LogP contribution in [0, 0.1) is 0 Å². The van der Waals surface area contributed by atoms with Crippen LogP contribution in [0.5, 0.6) is 0 Å². The molecule has 80 valence electrons. The lowest BCUT2D eigenvalue weighted by Crippen LogP contribution is -2.43. The van der Waals surface area contributed by atoms with E-state index in [0.29, 0.717) is 11.3 Å². The molecular formula is C10H10FNO3. The highest BCUT2D eigenvalue weighted by molar-refractivity contribution is 5.69. The molecule has 0 bridgehead atoms. The van der Waals surface area contributed by atoms with Crippen molar-refractivity contribution in [1.29, 1.82) is 0 Å². The molecule has 0 radical (unpaired) electrons. The van der Waals surface area contributed by atoms with E-state index in [0.717, 1.165) is 0 Å². The molecule has 1 aromatic heterocycles. The number of alkyl halides is 1. The summed E-state index contributed by atoms with van der Waals surface area (Å²) >= 11 is 0. The van der Waals surface area contributed by atoms with Crippen molar-refractivity contribution < 1.29 is 19.0 Å². The van der Waals surface area contributed by atoms with E-state index in [1.165, 1.54) is 12.3 Å². The minimum Gasteiger partial charge on any atom is -0.481 e. The van der Waals surface area contributed by atoms with Crippen molar-refractivity contribution in [3.63, 3.8) is 0 Å². The van der Waals surface area contributed by atoms with Gasteiger partial charge in [-0.2, -0.15) is 0 Å². The standard InChI is InChI=1S/C10H10FNO3/c11-10(5-15-6-10)8-2-1-7(4-12-8)3-9(13)14/h1-2,4H,3,5-6H2,(H,13,14). The first kappa shape index (κ1) is 10.0. The molecule has 2 heterocycles. The largest absolute Gasteiger partial charge is 0.481 e. The Morgan fingerprint density at radius 3 is 2.73 bits per heavy atom. The number of halogens is 1. The van der Waals surface area contributed by atoms with Gasteiger partial charge in [-0.25, -0.2) is 4.39 Å². The predicted octanol–water partition coefficient (Wildman–Crippen LogP) is 0.904. The molecule has 4 nitrogen and oxygen atoms in total. The van der Waals surface area contributed by atoms with Gasteiger partial charge in [0, 0.05) is 6.20 Å². The molecule has 0 saturated carbocycles. The number of ether oxygens (including phenoxy) is 1. The first-order chi connectivity index (χ1) is 7.10. The van der Waals surface area contributed by atoms with Gasteiger partial charge >= 0.3 is 5.97 Å². The topological polar surface area (TPSA) is 59.4 Å². The fourth-order valence-corrected chi connectivity index (χ4v) is 1.40. The summed E-state index contributed by atoms with van der Waals surface area (Å²) in [6, 6.07) is 3.09. The van der Waals surface area contributed by atoms with Crippen LogP contribution in [0.2, 0.25) is 0 Å². The van der Waals surface area contributed by atoms with E-state index < -0.39 is 11.6 Å². The van der Waals surface area contributed by atoms with Gasteiger partial charge in [-0.3, -0.25) is 9.78 Å². The number of aliphatic carboxylic acids is 1. The summed E-state index contributed by atoms with van der Waals surface area (Å²) in [4.78, 5) is 14.3. The lowest BCUT2D eigenvalue weighted by Gasteiger charge is -2.32. The van der Waals surface area contributed by atoms with E-state index >= 15 is 0 Å². The summed E-state index contributed by atoms with van der Waals surface area (Å²) in [6.07, 6.45) is 1.30. The summed E-state index contributed by atoms with van der Waals surface area (Å²) in [7, 11) is 0. The van der Waals surface area contributed by atoms with Gasteiger partial charge in [-0.1, -0.05) is 6.07 Å². The van der Waals surface area contributed by atoms with Crippen LogP contribution in [-0.2, 0) is 21.6 Å². The Morgan fingerprint density at radius 1 is 1.60 bits per heavy atom. The van der Waals surface area contributed by atoms with E-state index in [9.17, 15) is 9.18 Å². The van der Waals surface area contributed by atoms with Crippen LogP contribution in [0.15, 0.2) is 18.3 Å². The molecule has 1 fully saturated rings. The van der Waals surface area contributed by atoms with Crippen LogP contribution in [0.4, 0.5) is 4.39 Å². The molecule has 15 heavy (non-hydrogen) atoms. The number of pyridine rings is 1. The van der Waals surface area contributed by atoms with Crippen molar-refractivity contribution in [3.05, 3.63) is 29.6 Å². The molecule has 0 spiro atoms. The Kier molecular flexibility index (Phi) is 2.40. The van der Waals surface area contributed by atoms with Gasteiger partial charge in [0.2, 0.25) is 0 Å². The molecule has 2 rings (SSSR count). The zero-order valence-electron chi connectivity index (χ0n) is 7.94. The Bertz CT molecular complexity index is 373. The van der Waals surface area contributed by atoms with Crippen molar-refractivity contribution in [2.75, 3.05) is 13.2 Å². The second-order valence-electron chi connectivity index (χ2n) is 3.58. The normalized spacial score (nSPS) is 18.2. The SMILES string of the molecule is O=C(O)Cc1ccc(C2(F)COC2)nc1. The molecule has 0 amide bonds. The third-order valence-corrected chi connectivity index (χ3v) is 2.30. The quantitative estimate of drug-likeness (QED) is 0.807. The third-order valence-electron chi connectivity index (χ3n) is 2.30. The lowest BCUT2D eigenvalue weighted by atomic mass is 9.99. The maximum Gasteiger partial charge on any atom is 0.307 e. The molecule has 0 unspecified atom stereocenters.